The molecule has 0 aliphatic heterocycles. The lowest BCUT2D eigenvalue weighted by atomic mass is 10.1. The molecule has 0 amide bonds. The van der Waals surface area contributed by atoms with E-state index in [9.17, 15) is 4.79 Å². The standard InChI is InChI=1S/C18H16N4O/c1-3-14-15-18(23)20-16(12-9-7-11(2)8-10-12)21-22(15)17(19-14)13-5-4-6-13/h4-10H,3H2,1-2H3,(H,20,21,23). The predicted molar refractivity (Wildman–Crippen MR) is 90.3 cm³/mol. The van der Waals surface area contributed by atoms with E-state index in [0.29, 0.717) is 17.8 Å². The highest BCUT2D eigenvalue weighted by atomic mass is 16.1. The molecule has 0 spiro atoms. The van der Waals surface area contributed by atoms with Crippen LogP contribution in [0.3, 0.4) is 0 Å². The first kappa shape index (κ1) is 13.7. The Morgan fingerprint density at radius 1 is 1.22 bits per heavy atom. The van der Waals surface area contributed by atoms with Crippen molar-refractivity contribution >= 4 is 11.1 Å². The van der Waals surface area contributed by atoms with E-state index in [0.717, 1.165) is 22.7 Å². The molecule has 1 aliphatic carbocycles. The minimum absolute atomic E-state index is 0.157. The summed E-state index contributed by atoms with van der Waals surface area (Å²) in [5.41, 5.74) is 4.18. The lowest BCUT2D eigenvalue weighted by molar-refractivity contribution is 0.874. The second kappa shape index (κ2) is 5.05. The monoisotopic (exact) mass is 304 g/mol. The van der Waals surface area contributed by atoms with Gasteiger partial charge in [0.2, 0.25) is 0 Å². The molecule has 1 aliphatic rings. The van der Waals surface area contributed by atoms with Crippen molar-refractivity contribution in [1.82, 2.24) is 19.6 Å². The summed E-state index contributed by atoms with van der Waals surface area (Å²) in [7, 11) is 0. The topological polar surface area (TPSA) is 63.1 Å². The van der Waals surface area contributed by atoms with Crippen molar-refractivity contribution in [3.8, 4) is 11.4 Å². The average Bonchev–Trinajstić information content (AvgIpc) is 2.85. The van der Waals surface area contributed by atoms with Crippen LogP contribution in [0.4, 0.5) is 0 Å². The number of fused-ring (bicyclic) bond motifs is 1. The maximum atomic E-state index is 12.6. The van der Waals surface area contributed by atoms with Gasteiger partial charge in [0.05, 0.1) is 5.69 Å². The number of H-pyrrole nitrogens is 1. The van der Waals surface area contributed by atoms with Crippen molar-refractivity contribution in [3.05, 3.63) is 69.9 Å². The van der Waals surface area contributed by atoms with Crippen LogP contribution in [0.1, 0.15) is 24.0 Å². The Kier molecular flexibility index (Phi) is 3.01. The van der Waals surface area contributed by atoms with Gasteiger partial charge in [-0.2, -0.15) is 0 Å². The summed E-state index contributed by atoms with van der Waals surface area (Å²) in [6.07, 6.45) is 6.59. The first-order valence-electron chi connectivity index (χ1n) is 7.65. The van der Waals surface area contributed by atoms with Crippen LogP contribution < -0.4 is 5.56 Å². The number of nitrogens with one attached hydrogen (secondary N) is 1. The Labute approximate surface area is 133 Å². The van der Waals surface area contributed by atoms with Crippen molar-refractivity contribution < 1.29 is 0 Å². The summed E-state index contributed by atoms with van der Waals surface area (Å²) in [5, 5.41) is 4.63. The van der Waals surface area contributed by atoms with Gasteiger partial charge in [0.15, 0.2) is 17.2 Å². The van der Waals surface area contributed by atoms with Gasteiger partial charge >= 0.3 is 0 Å². The van der Waals surface area contributed by atoms with Gasteiger partial charge in [-0.1, -0.05) is 55.0 Å². The molecule has 3 aromatic rings. The van der Waals surface area contributed by atoms with E-state index in [-0.39, 0.29) is 5.56 Å². The van der Waals surface area contributed by atoms with E-state index in [2.05, 4.69) is 15.1 Å². The lowest BCUT2D eigenvalue weighted by Gasteiger charge is -2.07. The predicted octanol–water partition coefficient (Wildman–Crippen LogP) is 2.91. The van der Waals surface area contributed by atoms with E-state index >= 15 is 0 Å². The minimum Gasteiger partial charge on any atom is -0.303 e. The Hall–Kier alpha value is -2.95. The fourth-order valence-electron chi connectivity index (χ4n) is 2.69. The van der Waals surface area contributed by atoms with E-state index in [1.165, 1.54) is 5.56 Å². The molecule has 0 fully saturated rings. The summed E-state index contributed by atoms with van der Waals surface area (Å²) < 4.78 is 1.67. The Morgan fingerprint density at radius 3 is 2.57 bits per heavy atom. The number of aromatic nitrogens is 4. The zero-order valence-corrected chi connectivity index (χ0v) is 13.0. The molecule has 0 saturated carbocycles. The number of aryl methyl sites for hydroxylation is 2. The molecule has 0 bridgehead atoms. The number of benzene rings is 1. The van der Waals surface area contributed by atoms with E-state index in [4.69, 9.17) is 0 Å². The Bertz CT molecular complexity index is 1020. The normalized spacial score (nSPS) is 13.2. The summed E-state index contributed by atoms with van der Waals surface area (Å²) in [5.74, 6) is 1.27. The van der Waals surface area contributed by atoms with Crippen LogP contribution in [0.15, 0.2) is 47.3 Å². The third kappa shape index (κ3) is 2.12. The molecule has 1 N–H and O–H groups in total. The number of imidazole rings is 1. The van der Waals surface area contributed by atoms with E-state index in [1.807, 2.05) is 56.3 Å². The lowest BCUT2D eigenvalue weighted by Crippen LogP contribution is -2.15. The third-order valence-corrected chi connectivity index (χ3v) is 4.04. The van der Waals surface area contributed by atoms with Gasteiger partial charge in [-0.05, 0) is 13.3 Å². The van der Waals surface area contributed by atoms with Crippen LogP contribution in [0.2, 0.25) is 0 Å². The van der Waals surface area contributed by atoms with E-state index < -0.39 is 0 Å². The summed E-state index contributed by atoms with van der Waals surface area (Å²) >= 11 is 0. The fraction of sp³-hybridized carbons (Fsp3) is 0.167. The number of hydrogen-bond acceptors (Lipinski definition) is 3. The second-order valence-corrected chi connectivity index (χ2v) is 5.65. The minimum atomic E-state index is -0.157. The zero-order valence-electron chi connectivity index (χ0n) is 13.0. The molecule has 1 aromatic carbocycles. The van der Waals surface area contributed by atoms with Gasteiger partial charge in [-0.3, -0.25) is 4.79 Å². The third-order valence-electron chi connectivity index (χ3n) is 4.04. The van der Waals surface area contributed by atoms with Gasteiger partial charge in [0, 0.05) is 11.1 Å². The van der Waals surface area contributed by atoms with Gasteiger partial charge in [0.1, 0.15) is 0 Å². The van der Waals surface area contributed by atoms with E-state index in [1.54, 1.807) is 4.52 Å². The van der Waals surface area contributed by atoms with Crippen LogP contribution in [0.5, 0.6) is 0 Å². The van der Waals surface area contributed by atoms with Gasteiger partial charge in [0.25, 0.3) is 5.56 Å². The van der Waals surface area contributed by atoms with Crippen LogP contribution in [0.25, 0.3) is 22.5 Å². The number of nitrogens with zero attached hydrogens (tertiary/aromatic N) is 3. The number of rotatable bonds is 3. The highest BCUT2D eigenvalue weighted by Gasteiger charge is 2.19. The van der Waals surface area contributed by atoms with Crippen molar-refractivity contribution in [2.45, 2.75) is 20.3 Å². The highest BCUT2D eigenvalue weighted by molar-refractivity contribution is 5.79. The maximum Gasteiger partial charge on any atom is 0.277 e. The average molecular weight is 304 g/mol. The number of aromatic amines is 1. The molecule has 114 valence electrons. The first-order valence-corrected chi connectivity index (χ1v) is 7.65. The summed E-state index contributed by atoms with van der Waals surface area (Å²) in [6, 6.07) is 7.92. The molecule has 23 heavy (non-hydrogen) atoms. The number of hydrogen-bond donors (Lipinski definition) is 1. The van der Waals surface area contributed by atoms with Gasteiger partial charge in [-0.15, -0.1) is 5.10 Å². The molecule has 0 radical (unpaired) electrons. The molecular formula is C18H16N4O. The molecule has 0 unspecified atom stereocenters. The second-order valence-electron chi connectivity index (χ2n) is 5.65. The van der Waals surface area contributed by atoms with Gasteiger partial charge < -0.3 is 4.98 Å². The van der Waals surface area contributed by atoms with Crippen molar-refractivity contribution in [2.75, 3.05) is 0 Å². The molecule has 5 nitrogen and oxygen atoms in total. The number of allylic oxidation sites excluding steroid dienone is 4. The van der Waals surface area contributed by atoms with Crippen LogP contribution in [0, 0.1) is 6.92 Å². The van der Waals surface area contributed by atoms with Crippen molar-refractivity contribution in [2.24, 2.45) is 0 Å². The molecule has 2 heterocycles. The zero-order chi connectivity index (χ0) is 16.0. The molecular weight excluding hydrogens is 288 g/mol. The van der Waals surface area contributed by atoms with Crippen LogP contribution >= 0.6 is 0 Å². The van der Waals surface area contributed by atoms with Crippen LogP contribution in [-0.4, -0.2) is 19.6 Å². The SMILES string of the molecule is CCc1nc(C2=CC=C2)n2nc(-c3ccc(C)cc3)[nH]c(=O)c12. The summed E-state index contributed by atoms with van der Waals surface area (Å²) in [6.45, 7) is 4.02. The quantitative estimate of drug-likeness (QED) is 0.809. The smallest absolute Gasteiger partial charge is 0.277 e. The highest BCUT2D eigenvalue weighted by Crippen LogP contribution is 2.23. The molecule has 0 atom stereocenters. The molecule has 4 rings (SSSR count). The van der Waals surface area contributed by atoms with Gasteiger partial charge in [-0.25, -0.2) is 9.50 Å². The largest absolute Gasteiger partial charge is 0.303 e. The fourth-order valence-corrected chi connectivity index (χ4v) is 2.69. The van der Waals surface area contributed by atoms with Crippen molar-refractivity contribution in [3.63, 3.8) is 0 Å². The Morgan fingerprint density at radius 2 is 1.96 bits per heavy atom. The summed E-state index contributed by atoms with van der Waals surface area (Å²) in [4.78, 5) is 20.1. The maximum absolute atomic E-state index is 12.6. The first-order chi connectivity index (χ1) is 11.2. The molecule has 5 heteroatoms. The van der Waals surface area contributed by atoms with Crippen molar-refractivity contribution in [1.29, 1.82) is 0 Å². The Balaban J connectivity index is 1.98. The molecule has 0 saturated heterocycles. The van der Waals surface area contributed by atoms with Crippen LogP contribution in [-0.2, 0) is 6.42 Å². The molecule has 2 aromatic heterocycles.